The van der Waals surface area contributed by atoms with Crippen molar-refractivity contribution in [3.63, 3.8) is 0 Å². The number of allylic oxidation sites excluding steroid dienone is 1. The van der Waals surface area contributed by atoms with Crippen LogP contribution in [0.2, 0.25) is 0 Å². The summed E-state index contributed by atoms with van der Waals surface area (Å²) in [6, 6.07) is 4.16. The zero-order chi connectivity index (χ0) is 21.9. The van der Waals surface area contributed by atoms with Crippen LogP contribution in [0.3, 0.4) is 0 Å². The van der Waals surface area contributed by atoms with Gasteiger partial charge in [-0.05, 0) is 72.5 Å². The van der Waals surface area contributed by atoms with Crippen LogP contribution in [0.15, 0.2) is 26.7 Å². The first-order valence-electron chi connectivity index (χ1n) is 10.2. The van der Waals surface area contributed by atoms with Crippen molar-refractivity contribution in [1.29, 1.82) is 0 Å². The van der Waals surface area contributed by atoms with E-state index >= 15 is 0 Å². The third-order valence-corrected chi connectivity index (χ3v) is 8.48. The van der Waals surface area contributed by atoms with Crippen LogP contribution in [0.1, 0.15) is 103 Å². The molecule has 0 saturated heterocycles. The molecule has 0 unspecified atom stereocenters. The zero-order valence-electron chi connectivity index (χ0n) is 19.0. The topological polar surface area (TPSA) is 46.2 Å². The van der Waals surface area contributed by atoms with E-state index in [9.17, 15) is 8.42 Å². The molecule has 0 amide bonds. The van der Waals surface area contributed by atoms with Crippen molar-refractivity contribution >= 4 is 32.6 Å². The summed E-state index contributed by atoms with van der Waals surface area (Å²) in [6.07, 6.45) is 2.81. The van der Waals surface area contributed by atoms with Gasteiger partial charge in [-0.3, -0.25) is 0 Å². The van der Waals surface area contributed by atoms with Gasteiger partial charge >= 0.3 is 0 Å². The Hall–Kier alpha value is -0.400. The van der Waals surface area contributed by atoms with Crippen LogP contribution in [-0.4, -0.2) is 15.0 Å². The zero-order valence-corrected chi connectivity index (χ0v) is 22.0. The Bertz CT molecular complexity index is 771. The molecule has 0 aliphatic rings. The second-order valence-corrected chi connectivity index (χ2v) is 12.3. The lowest BCUT2D eigenvalue weighted by Gasteiger charge is -2.23. The third kappa shape index (κ3) is 6.84. The molecule has 0 bridgehead atoms. The van der Waals surface area contributed by atoms with Crippen molar-refractivity contribution in [3.05, 3.63) is 38.5 Å². The fourth-order valence-corrected chi connectivity index (χ4v) is 5.02. The molecule has 0 aliphatic carbocycles. The number of nitrogens with one attached hydrogen (secondary N) is 1. The number of halogens is 1. The average Bonchev–Trinajstić information content (AvgIpc) is 2.56. The fourth-order valence-electron chi connectivity index (χ4n) is 2.97. The summed E-state index contributed by atoms with van der Waals surface area (Å²) in [5, 5.41) is 0. The summed E-state index contributed by atoms with van der Waals surface area (Å²) in [5.74, 6) is 0.651. The number of hydrogen-bond acceptors (Lipinski definition) is 2. The molecule has 0 radical (unpaired) electrons. The van der Waals surface area contributed by atoms with Gasteiger partial charge in [0.25, 0.3) is 0 Å². The maximum absolute atomic E-state index is 13.3. The minimum atomic E-state index is -3.57. The van der Waals surface area contributed by atoms with Gasteiger partial charge in [0.2, 0.25) is 10.0 Å². The standard InChI is InChI=1S/C23H38INO2S/c1-15(2)18-13-19(16(3)4)22(20(14-18)17(5)6)28(26,27)25-12-10-11-21(24)23(7,8)9/h11,13-17,25H,10,12H2,1-9H3/b21-11-. The highest BCUT2D eigenvalue weighted by Gasteiger charge is 2.26. The Balaban J connectivity index is 3.28. The van der Waals surface area contributed by atoms with E-state index in [1.165, 1.54) is 9.14 Å². The van der Waals surface area contributed by atoms with E-state index in [0.717, 1.165) is 11.1 Å². The van der Waals surface area contributed by atoms with E-state index < -0.39 is 10.0 Å². The molecule has 1 aromatic rings. The van der Waals surface area contributed by atoms with E-state index in [1.54, 1.807) is 0 Å². The first kappa shape index (κ1) is 25.6. The summed E-state index contributed by atoms with van der Waals surface area (Å²) in [6.45, 7) is 19.5. The SMILES string of the molecule is CC(C)c1cc(C(C)C)c(S(=O)(=O)NCC/C=C(\I)C(C)(C)C)c(C(C)C)c1. The molecule has 3 nitrogen and oxygen atoms in total. The average molecular weight is 520 g/mol. The minimum Gasteiger partial charge on any atom is -0.211 e. The first-order valence-corrected chi connectivity index (χ1v) is 12.8. The van der Waals surface area contributed by atoms with Gasteiger partial charge in [0.05, 0.1) is 4.90 Å². The van der Waals surface area contributed by atoms with Crippen molar-refractivity contribution < 1.29 is 8.42 Å². The lowest BCUT2D eigenvalue weighted by molar-refractivity contribution is 0.536. The van der Waals surface area contributed by atoms with Crippen LogP contribution >= 0.6 is 22.6 Å². The Morgan fingerprint density at radius 3 is 1.82 bits per heavy atom. The van der Waals surface area contributed by atoms with Crippen LogP contribution in [0.5, 0.6) is 0 Å². The lowest BCUT2D eigenvalue weighted by Crippen LogP contribution is -2.27. The molecule has 0 atom stereocenters. The van der Waals surface area contributed by atoms with Crippen LogP contribution in [0.25, 0.3) is 0 Å². The van der Waals surface area contributed by atoms with Gasteiger partial charge in [-0.25, -0.2) is 13.1 Å². The molecule has 1 N–H and O–H groups in total. The summed E-state index contributed by atoms with van der Waals surface area (Å²) in [7, 11) is -3.57. The Morgan fingerprint density at radius 1 is 1.00 bits per heavy atom. The van der Waals surface area contributed by atoms with E-state index in [2.05, 4.69) is 108 Å². The quantitative estimate of drug-likeness (QED) is 0.294. The van der Waals surface area contributed by atoms with E-state index in [1.807, 2.05) is 0 Å². The molecule has 28 heavy (non-hydrogen) atoms. The van der Waals surface area contributed by atoms with Crippen molar-refractivity contribution in [1.82, 2.24) is 4.72 Å². The van der Waals surface area contributed by atoms with Gasteiger partial charge in [-0.2, -0.15) is 0 Å². The van der Waals surface area contributed by atoms with Crippen molar-refractivity contribution in [2.24, 2.45) is 5.41 Å². The normalized spacial score (nSPS) is 13.8. The van der Waals surface area contributed by atoms with Gasteiger partial charge < -0.3 is 0 Å². The largest absolute Gasteiger partial charge is 0.241 e. The van der Waals surface area contributed by atoms with E-state index in [0.29, 0.717) is 23.8 Å². The number of hydrogen-bond donors (Lipinski definition) is 1. The highest BCUT2D eigenvalue weighted by atomic mass is 127. The van der Waals surface area contributed by atoms with Crippen LogP contribution in [0, 0.1) is 5.41 Å². The number of benzene rings is 1. The molecule has 0 fully saturated rings. The van der Waals surface area contributed by atoms with Crippen LogP contribution in [0.4, 0.5) is 0 Å². The molecule has 5 heteroatoms. The van der Waals surface area contributed by atoms with Crippen LogP contribution < -0.4 is 4.72 Å². The summed E-state index contributed by atoms with van der Waals surface area (Å²) in [4.78, 5) is 0.483. The maximum Gasteiger partial charge on any atom is 0.241 e. The summed E-state index contributed by atoms with van der Waals surface area (Å²) < 4.78 is 30.6. The van der Waals surface area contributed by atoms with Gasteiger partial charge in [0.15, 0.2) is 0 Å². The molecular weight excluding hydrogens is 481 g/mol. The highest BCUT2D eigenvalue weighted by molar-refractivity contribution is 14.1. The molecule has 0 aromatic heterocycles. The fraction of sp³-hybridized carbons (Fsp3) is 0.652. The Morgan fingerprint density at radius 2 is 1.46 bits per heavy atom. The smallest absolute Gasteiger partial charge is 0.211 e. The molecular formula is C23H38INO2S. The second kappa shape index (κ2) is 10.1. The third-order valence-electron chi connectivity index (χ3n) is 4.82. The summed E-state index contributed by atoms with van der Waals surface area (Å²) >= 11 is 2.34. The molecule has 0 spiro atoms. The minimum absolute atomic E-state index is 0.0989. The molecule has 0 aliphatic heterocycles. The van der Waals surface area contributed by atoms with E-state index in [4.69, 9.17) is 0 Å². The van der Waals surface area contributed by atoms with Gasteiger partial charge in [0.1, 0.15) is 0 Å². The first-order chi connectivity index (χ1) is 12.7. The van der Waals surface area contributed by atoms with E-state index in [-0.39, 0.29) is 17.3 Å². The Labute approximate surface area is 187 Å². The number of rotatable bonds is 8. The Kier molecular flexibility index (Phi) is 9.22. The molecule has 160 valence electrons. The van der Waals surface area contributed by atoms with Gasteiger partial charge in [-0.15, -0.1) is 0 Å². The van der Waals surface area contributed by atoms with Crippen molar-refractivity contribution in [3.8, 4) is 0 Å². The second-order valence-electron chi connectivity index (χ2n) is 9.48. The predicted octanol–water partition coefficient (Wildman–Crippen LogP) is 7.09. The molecule has 1 rings (SSSR count). The monoisotopic (exact) mass is 519 g/mol. The van der Waals surface area contributed by atoms with Gasteiger partial charge in [-0.1, -0.05) is 80.5 Å². The maximum atomic E-state index is 13.3. The van der Waals surface area contributed by atoms with Crippen LogP contribution in [-0.2, 0) is 10.0 Å². The molecule has 0 saturated carbocycles. The number of sulfonamides is 1. The van der Waals surface area contributed by atoms with Crippen molar-refractivity contribution in [2.75, 3.05) is 6.54 Å². The predicted molar refractivity (Wildman–Crippen MR) is 130 cm³/mol. The lowest BCUT2D eigenvalue weighted by atomic mass is 9.89. The van der Waals surface area contributed by atoms with Crippen molar-refractivity contribution in [2.45, 2.75) is 91.4 Å². The molecule has 0 heterocycles. The molecule has 1 aromatic carbocycles. The summed E-state index contributed by atoms with van der Waals surface area (Å²) in [5.41, 5.74) is 3.14. The highest BCUT2D eigenvalue weighted by Crippen LogP contribution is 2.35. The van der Waals surface area contributed by atoms with Gasteiger partial charge in [0, 0.05) is 6.54 Å².